The summed E-state index contributed by atoms with van der Waals surface area (Å²) in [7, 11) is 0. The second-order valence-electron chi connectivity index (χ2n) is 4.41. The molecule has 5 heteroatoms. The molecule has 0 bridgehead atoms. The maximum absolute atomic E-state index is 11.3. The van der Waals surface area contributed by atoms with Gasteiger partial charge in [-0.2, -0.15) is 5.10 Å². The molecule has 0 atom stereocenters. The summed E-state index contributed by atoms with van der Waals surface area (Å²) in [5.41, 5.74) is 3.25. The molecule has 0 amide bonds. The van der Waals surface area contributed by atoms with Gasteiger partial charge >= 0.3 is 0 Å². The molecule has 0 unspecified atom stereocenters. The smallest absolute Gasteiger partial charge is 0.153 e. The highest BCUT2D eigenvalue weighted by Gasteiger charge is 2.14. The molecule has 3 nitrogen and oxygen atoms in total. The Labute approximate surface area is 125 Å². The minimum Gasteiger partial charge on any atom is -0.298 e. The number of halogens is 1. The number of hydrogen-bond donors (Lipinski definition) is 0. The predicted octanol–water partition coefficient (Wildman–Crippen LogP) is 4.38. The van der Waals surface area contributed by atoms with E-state index in [0.717, 1.165) is 22.4 Å². The van der Waals surface area contributed by atoms with E-state index in [1.807, 2.05) is 36.6 Å². The van der Waals surface area contributed by atoms with Gasteiger partial charge in [0.2, 0.25) is 0 Å². The molecule has 0 spiro atoms. The third-order valence-electron chi connectivity index (χ3n) is 3.02. The normalized spacial score (nSPS) is 10.7. The molecule has 2 aromatic heterocycles. The molecular formula is C15H11ClN2OS. The molecule has 2 heterocycles. The first kappa shape index (κ1) is 13.1. The zero-order valence-electron chi connectivity index (χ0n) is 10.7. The third kappa shape index (κ3) is 2.28. The van der Waals surface area contributed by atoms with Gasteiger partial charge in [0.15, 0.2) is 6.29 Å². The van der Waals surface area contributed by atoms with Crippen molar-refractivity contribution in [2.75, 3.05) is 0 Å². The van der Waals surface area contributed by atoms with Gasteiger partial charge in [0.25, 0.3) is 0 Å². The van der Waals surface area contributed by atoms with E-state index >= 15 is 0 Å². The SMILES string of the molecule is Cc1ccsc1-c1nn(-c2cccc(Cl)c2)cc1C=O. The largest absolute Gasteiger partial charge is 0.298 e. The number of thiophene rings is 1. The lowest BCUT2D eigenvalue weighted by atomic mass is 10.2. The Bertz CT molecular complexity index is 776. The van der Waals surface area contributed by atoms with Gasteiger partial charge in [0, 0.05) is 11.2 Å². The molecule has 0 fully saturated rings. The topological polar surface area (TPSA) is 34.9 Å². The van der Waals surface area contributed by atoms with E-state index in [0.29, 0.717) is 16.3 Å². The van der Waals surface area contributed by atoms with Crippen LogP contribution in [-0.2, 0) is 0 Å². The van der Waals surface area contributed by atoms with Crippen LogP contribution in [0.25, 0.3) is 16.3 Å². The number of aldehydes is 1. The van der Waals surface area contributed by atoms with Crippen LogP contribution in [0.15, 0.2) is 41.9 Å². The van der Waals surface area contributed by atoms with E-state index in [1.165, 1.54) is 0 Å². The molecule has 0 aliphatic carbocycles. The minimum atomic E-state index is 0.579. The lowest BCUT2D eigenvalue weighted by Crippen LogP contribution is -1.94. The van der Waals surface area contributed by atoms with Crippen molar-refractivity contribution in [1.82, 2.24) is 9.78 Å². The number of carbonyl (C=O) groups excluding carboxylic acids is 1. The molecule has 0 saturated carbocycles. The Morgan fingerprint density at radius 1 is 1.35 bits per heavy atom. The number of nitrogens with zero attached hydrogens (tertiary/aromatic N) is 2. The number of carbonyl (C=O) groups is 1. The van der Waals surface area contributed by atoms with Crippen LogP contribution < -0.4 is 0 Å². The highest BCUT2D eigenvalue weighted by Crippen LogP contribution is 2.30. The molecule has 0 aliphatic heterocycles. The molecule has 0 aliphatic rings. The second-order valence-corrected chi connectivity index (χ2v) is 5.76. The van der Waals surface area contributed by atoms with Gasteiger partial charge < -0.3 is 0 Å². The number of rotatable bonds is 3. The van der Waals surface area contributed by atoms with Gasteiger partial charge in [-0.3, -0.25) is 4.79 Å². The van der Waals surface area contributed by atoms with Crippen LogP contribution in [0, 0.1) is 6.92 Å². The Hall–Kier alpha value is -1.91. The summed E-state index contributed by atoms with van der Waals surface area (Å²) in [6.45, 7) is 2.01. The van der Waals surface area contributed by atoms with Crippen molar-refractivity contribution in [3.63, 3.8) is 0 Å². The van der Waals surface area contributed by atoms with E-state index in [2.05, 4.69) is 5.10 Å². The summed E-state index contributed by atoms with van der Waals surface area (Å²) in [5.74, 6) is 0. The number of benzene rings is 1. The van der Waals surface area contributed by atoms with Crippen molar-refractivity contribution in [2.24, 2.45) is 0 Å². The van der Waals surface area contributed by atoms with E-state index < -0.39 is 0 Å². The maximum Gasteiger partial charge on any atom is 0.153 e. The van der Waals surface area contributed by atoms with Gasteiger partial charge in [-0.15, -0.1) is 11.3 Å². The quantitative estimate of drug-likeness (QED) is 0.673. The first-order chi connectivity index (χ1) is 9.69. The number of hydrogen-bond acceptors (Lipinski definition) is 3. The first-order valence-corrected chi connectivity index (χ1v) is 7.30. The molecule has 100 valence electrons. The van der Waals surface area contributed by atoms with Gasteiger partial charge in [0.05, 0.1) is 16.1 Å². The summed E-state index contributed by atoms with van der Waals surface area (Å²) < 4.78 is 1.68. The van der Waals surface area contributed by atoms with Crippen LogP contribution in [0.1, 0.15) is 15.9 Å². The third-order valence-corrected chi connectivity index (χ3v) is 4.28. The predicted molar refractivity (Wildman–Crippen MR) is 82.0 cm³/mol. The minimum absolute atomic E-state index is 0.579. The van der Waals surface area contributed by atoms with Crippen molar-refractivity contribution >= 4 is 29.2 Å². The Kier molecular flexibility index (Phi) is 3.42. The zero-order chi connectivity index (χ0) is 14.1. The molecule has 0 N–H and O–H groups in total. The van der Waals surface area contributed by atoms with Gasteiger partial charge in [-0.05, 0) is 42.1 Å². The number of aryl methyl sites for hydroxylation is 1. The monoisotopic (exact) mass is 302 g/mol. The molecular weight excluding hydrogens is 292 g/mol. The summed E-state index contributed by atoms with van der Waals surface area (Å²) in [6, 6.07) is 9.40. The van der Waals surface area contributed by atoms with Crippen LogP contribution >= 0.6 is 22.9 Å². The van der Waals surface area contributed by atoms with Crippen LogP contribution in [0.2, 0.25) is 5.02 Å². The molecule has 1 aromatic carbocycles. The Balaban J connectivity index is 2.14. The highest BCUT2D eigenvalue weighted by molar-refractivity contribution is 7.13. The van der Waals surface area contributed by atoms with Crippen LogP contribution in [0.5, 0.6) is 0 Å². The lowest BCUT2D eigenvalue weighted by Gasteiger charge is -2.01. The second kappa shape index (κ2) is 5.23. The Morgan fingerprint density at radius 3 is 2.85 bits per heavy atom. The van der Waals surface area contributed by atoms with Crippen molar-refractivity contribution in [1.29, 1.82) is 0 Å². The molecule has 0 saturated heterocycles. The molecule has 3 aromatic rings. The average molecular weight is 303 g/mol. The molecule has 3 rings (SSSR count). The van der Waals surface area contributed by atoms with Crippen molar-refractivity contribution in [3.8, 4) is 16.3 Å². The molecule has 0 radical (unpaired) electrons. The summed E-state index contributed by atoms with van der Waals surface area (Å²) in [6.07, 6.45) is 2.57. The summed E-state index contributed by atoms with van der Waals surface area (Å²) >= 11 is 7.57. The first-order valence-electron chi connectivity index (χ1n) is 6.04. The summed E-state index contributed by atoms with van der Waals surface area (Å²) in [4.78, 5) is 12.3. The van der Waals surface area contributed by atoms with Crippen molar-refractivity contribution in [3.05, 3.63) is 58.1 Å². The van der Waals surface area contributed by atoms with E-state index in [4.69, 9.17) is 11.6 Å². The van der Waals surface area contributed by atoms with E-state index in [1.54, 1.807) is 28.3 Å². The fourth-order valence-electron chi connectivity index (χ4n) is 2.02. The van der Waals surface area contributed by atoms with Crippen LogP contribution in [0.4, 0.5) is 0 Å². The van der Waals surface area contributed by atoms with Gasteiger partial charge in [-0.25, -0.2) is 4.68 Å². The van der Waals surface area contributed by atoms with Crippen LogP contribution in [-0.4, -0.2) is 16.1 Å². The Morgan fingerprint density at radius 2 is 2.20 bits per heavy atom. The zero-order valence-corrected chi connectivity index (χ0v) is 12.3. The van der Waals surface area contributed by atoms with E-state index in [9.17, 15) is 4.79 Å². The standard InChI is InChI=1S/C15H11ClN2OS/c1-10-5-6-20-15(10)14-11(9-19)8-18(17-14)13-4-2-3-12(16)7-13/h2-9H,1H3. The van der Waals surface area contributed by atoms with Gasteiger partial charge in [0.1, 0.15) is 5.69 Å². The fourth-order valence-corrected chi connectivity index (χ4v) is 3.13. The van der Waals surface area contributed by atoms with Gasteiger partial charge in [-0.1, -0.05) is 17.7 Å². The van der Waals surface area contributed by atoms with Crippen molar-refractivity contribution in [2.45, 2.75) is 6.92 Å². The maximum atomic E-state index is 11.3. The van der Waals surface area contributed by atoms with E-state index in [-0.39, 0.29) is 0 Å². The molecule has 20 heavy (non-hydrogen) atoms. The fraction of sp³-hybridized carbons (Fsp3) is 0.0667. The lowest BCUT2D eigenvalue weighted by molar-refractivity contribution is 0.112. The van der Waals surface area contributed by atoms with Crippen molar-refractivity contribution < 1.29 is 4.79 Å². The highest BCUT2D eigenvalue weighted by atomic mass is 35.5. The summed E-state index contributed by atoms with van der Waals surface area (Å²) in [5, 5.41) is 7.17. The number of aromatic nitrogens is 2. The van der Waals surface area contributed by atoms with Crippen LogP contribution in [0.3, 0.4) is 0 Å². The average Bonchev–Trinajstić information content (AvgIpc) is 3.04.